The Morgan fingerprint density at radius 3 is 2.44 bits per heavy atom. The largest absolute Gasteiger partial charge is 0.416 e. The standard InChI is InChI=1S/C14H9ClF3/c1-9-4-2-3-5-11(9)12-8-10(14(16,17)18)6-7-13(12)15/h2-3,5-8H,1H3. The summed E-state index contributed by atoms with van der Waals surface area (Å²) in [4.78, 5) is 0. The van der Waals surface area contributed by atoms with Gasteiger partial charge in [-0.3, -0.25) is 0 Å². The maximum atomic E-state index is 12.7. The summed E-state index contributed by atoms with van der Waals surface area (Å²) in [6.45, 7) is 1.78. The Labute approximate surface area is 108 Å². The summed E-state index contributed by atoms with van der Waals surface area (Å²) in [6.07, 6.45) is -4.37. The second-order valence-electron chi connectivity index (χ2n) is 3.90. The predicted molar refractivity (Wildman–Crippen MR) is 65.5 cm³/mol. The molecule has 0 bridgehead atoms. The molecule has 2 rings (SSSR count). The number of halogens is 4. The van der Waals surface area contributed by atoms with Crippen molar-refractivity contribution in [3.05, 3.63) is 58.6 Å². The van der Waals surface area contributed by atoms with Gasteiger partial charge in [-0.2, -0.15) is 13.2 Å². The van der Waals surface area contributed by atoms with Gasteiger partial charge in [-0.1, -0.05) is 29.8 Å². The molecule has 0 atom stereocenters. The molecule has 2 aromatic rings. The Bertz CT molecular complexity index is 573. The van der Waals surface area contributed by atoms with E-state index in [1.165, 1.54) is 6.07 Å². The highest BCUT2D eigenvalue weighted by Crippen LogP contribution is 2.36. The Balaban J connectivity index is 2.61. The highest BCUT2D eigenvalue weighted by Gasteiger charge is 2.31. The molecule has 93 valence electrons. The lowest BCUT2D eigenvalue weighted by Gasteiger charge is -2.12. The lowest BCUT2D eigenvalue weighted by Crippen LogP contribution is -2.04. The summed E-state index contributed by atoms with van der Waals surface area (Å²) in [5.74, 6) is 0. The van der Waals surface area contributed by atoms with Gasteiger partial charge in [-0.25, -0.2) is 0 Å². The van der Waals surface area contributed by atoms with Crippen molar-refractivity contribution in [2.75, 3.05) is 0 Å². The number of hydrogen-bond acceptors (Lipinski definition) is 0. The van der Waals surface area contributed by atoms with Gasteiger partial charge in [0.15, 0.2) is 0 Å². The molecule has 0 unspecified atom stereocenters. The van der Waals surface area contributed by atoms with Crippen molar-refractivity contribution in [1.82, 2.24) is 0 Å². The van der Waals surface area contributed by atoms with E-state index in [4.69, 9.17) is 11.6 Å². The monoisotopic (exact) mass is 269 g/mol. The first-order valence-electron chi connectivity index (χ1n) is 5.24. The van der Waals surface area contributed by atoms with Gasteiger partial charge in [-0.05, 0) is 42.3 Å². The molecule has 0 nitrogen and oxygen atoms in total. The van der Waals surface area contributed by atoms with E-state index in [0.29, 0.717) is 16.1 Å². The van der Waals surface area contributed by atoms with E-state index in [1.807, 2.05) is 0 Å². The molecule has 0 fully saturated rings. The molecule has 0 saturated heterocycles. The van der Waals surface area contributed by atoms with Gasteiger partial charge in [0.2, 0.25) is 0 Å². The third-order valence-corrected chi connectivity index (χ3v) is 2.98. The minimum Gasteiger partial charge on any atom is -0.166 e. The summed E-state index contributed by atoms with van der Waals surface area (Å²) >= 11 is 5.97. The zero-order chi connectivity index (χ0) is 13.3. The minimum absolute atomic E-state index is 0.297. The van der Waals surface area contributed by atoms with Gasteiger partial charge >= 0.3 is 6.18 Å². The number of rotatable bonds is 1. The Hall–Kier alpha value is -1.48. The summed E-state index contributed by atoms with van der Waals surface area (Å²) < 4.78 is 38.0. The van der Waals surface area contributed by atoms with E-state index in [1.54, 1.807) is 25.1 Å². The van der Waals surface area contributed by atoms with Crippen LogP contribution in [0.3, 0.4) is 0 Å². The van der Waals surface area contributed by atoms with Crippen LogP contribution in [0.15, 0.2) is 36.4 Å². The molecule has 0 aliphatic heterocycles. The smallest absolute Gasteiger partial charge is 0.166 e. The summed E-state index contributed by atoms with van der Waals surface area (Å²) in [5, 5.41) is 0.297. The molecule has 0 saturated carbocycles. The fourth-order valence-corrected chi connectivity index (χ4v) is 1.94. The van der Waals surface area contributed by atoms with Crippen molar-refractivity contribution in [3.63, 3.8) is 0 Å². The van der Waals surface area contributed by atoms with Gasteiger partial charge in [0.05, 0.1) is 5.56 Å². The van der Waals surface area contributed by atoms with Crippen molar-refractivity contribution in [3.8, 4) is 11.1 Å². The van der Waals surface area contributed by atoms with Crippen molar-refractivity contribution < 1.29 is 13.2 Å². The molecule has 2 aromatic carbocycles. The predicted octanol–water partition coefficient (Wildman–Crippen LogP) is 5.13. The van der Waals surface area contributed by atoms with Crippen LogP contribution < -0.4 is 0 Å². The normalized spacial score (nSPS) is 11.6. The zero-order valence-electron chi connectivity index (χ0n) is 9.48. The third kappa shape index (κ3) is 2.51. The van der Waals surface area contributed by atoms with Crippen LogP contribution in [-0.4, -0.2) is 0 Å². The lowest BCUT2D eigenvalue weighted by atomic mass is 9.99. The Morgan fingerprint density at radius 2 is 1.83 bits per heavy atom. The van der Waals surface area contributed by atoms with Crippen LogP contribution in [0.1, 0.15) is 11.1 Å². The van der Waals surface area contributed by atoms with E-state index in [2.05, 4.69) is 6.07 Å². The van der Waals surface area contributed by atoms with Crippen LogP contribution in [0.2, 0.25) is 5.02 Å². The highest BCUT2D eigenvalue weighted by atomic mass is 35.5. The maximum Gasteiger partial charge on any atom is 0.416 e. The van der Waals surface area contributed by atoms with Gasteiger partial charge in [0.25, 0.3) is 0 Å². The molecule has 0 N–H and O–H groups in total. The van der Waals surface area contributed by atoms with Crippen molar-refractivity contribution in [2.45, 2.75) is 13.1 Å². The van der Waals surface area contributed by atoms with Gasteiger partial charge in [0.1, 0.15) is 0 Å². The minimum atomic E-state index is -4.37. The van der Waals surface area contributed by atoms with Gasteiger partial charge in [0, 0.05) is 10.6 Å². The Morgan fingerprint density at radius 1 is 1.11 bits per heavy atom. The topological polar surface area (TPSA) is 0 Å². The molecule has 0 aromatic heterocycles. The molecule has 18 heavy (non-hydrogen) atoms. The molecule has 0 aliphatic rings. The zero-order valence-corrected chi connectivity index (χ0v) is 10.2. The van der Waals surface area contributed by atoms with Crippen molar-refractivity contribution >= 4 is 11.6 Å². The van der Waals surface area contributed by atoms with Crippen molar-refractivity contribution in [1.29, 1.82) is 0 Å². The Kier molecular flexibility index (Phi) is 3.35. The van der Waals surface area contributed by atoms with Crippen LogP contribution >= 0.6 is 11.6 Å². The highest BCUT2D eigenvalue weighted by molar-refractivity contribution is 6.33. The molecule has 0 heterocycles. The van der Waals surface area contributed by atoms with E-state index < -0.39 is 11.7 Å². The summed E-state index contributed by atoms with van der Waals surface area (Å²) in [7, 11) is 0. The van der Waals surface area contributed by atoms with Crippen LogP contribution in [0, 0.1) is 13.0 Å². The SMILES string of the molecule is Cc1[c]cccc1-c1cc(C(F)(F)F)ccc1Cl. The molecule has 0 amide bonds. The summed E-state index contributed by atoms with van der Waals surface area (Å²) in [5.41, 5.74) is 1.10. The average Bonchev–Trinajstić information content (AvgIpc) is 2.29. The van der Waals surface area contributed by atoms with Crippen LogP contribution in [-0.2, 0) is 6.18 Å². The second-order valence-corrected chi connectivity index (χ2v) is 4.31. The summed E-state index contributed by atoms with van der Waals surface area (Å²) in [6, 6.07) is 11.4. The van der Waals surface area contributed by atoms with Crippen molar-refractivity contribution in [2.24, 2.45) is 0 Å². The van der Waals surface area contributed by atoms with Crippen LogP contribution in [0.5, 0.6) is 0 Å². The third-order valence-electron chi connectivity index (χ3n) is 2.65. The van der Waals surface area contributed by atoms with Crippen LogP contribution in [0.25, 0.3) is 11.1 Å². The van der Waals surface area contributed by atoms with Gasteiger partial charge < -0.3 is 0 Å². The van der Waals surface area contributed by atoms with E-state index in [-0.39, 0.29) is 0 Å². The van der Waals surface area contributed by atoms with E-state index in [9.17, 15) is 13.2 Å². The van der Waals surface area contributed by atoms with Gasteiger partial charge in [-0.15, -0.1) is 0 Å². The molecule has 0 aliphatic carbocycles. The number of alkyl halides is 3. The lowest BCUT2D eigenvalue weighted by molar-refractivity contribution is -0.137. The molecular weight excluding hydrogens is 261 g/mol. The number of hydrogen-bond donors (Lipinski definition) is 0. The first-order valence-corrected chi connectivity index (χ1v) is 5.62. The average molecular weight is 270 g/mol. The molecule has 1 radical (unpaired) electrons. The van der Waals surface area contributed by atoms with E-state index >= 15 is 0 Å². The molecule has 0 spiro atoms. The quantitative estimate of drug-likeness (QED) is 0.673. The van der Waals surface area contributed by atoms with E-state index in [0.717, 1.165) is 17.7 Å². The second kappa shape index (κ2) is 4.65. The first kappa shape index (κ1) is 13.0. The fraction of sp³-hybridized carbons (Fsp3) is 0.143. The maximum absolute atomic E-state index is 12.7. The number of aryl methyl sites for hydroxylation is 1. The van der Waals surface area contributed by atoms with Crippen LogP contribution in [0.4, 0.5) is 13.2 Å². The molecular formula is C14H9ClF3. The fourth-order valence-electron chi connectivity index (χ4n) is 1.72. The molecule has 4 heteroatoms. The first-order chi connectivity index (χ1) is 8.39. The number of benzene rings is 2.